The molecule has 5 nitrogen and oxygen atoms in total. The van der Waals surface area contributed by atoms with E-state index in [0.717, 1.165) is 5.56 Å². The van der Waals surface area contributed by atoms with Crippen molar-refractivity contribution in [3.8, 4) is 0 Å². The average Bonchev–Trinajstić information content (AvgIpc) is 2.63. The lowest BCUT2D eigenvalue weighted by Crippen LogP contribution is -2.51. The third kappa shape index (κ3) is 4.90. The van der Waals surface area contributed by atoms with E-state index in [1.165, 1.54) is 0 Å². The number of carbonyl (C=O) groups is 2. The van der Waals surface area contributed by atoms with Crippen LogP contribution in [0, 0.1) is 0 Å². The van der Waals surface area contributed by atoms with Gasteiger partial charge in [0.1, 0.15) is 0 Å². The van der Waals surface area contributed by atoms with Crippen molar-refractivity contribution < 1.29 is 9.59 Å². The number of rotatable bonds is 3. The van der Waals surface area contributed by atoms with Crippen LogP contribution < -0.4 is 5.73 Å². The first-order valence-electron chi connectivity index (χ1n) is 8.20. The van der Waals surface area contributed by atoms with E-state index in [4.69, 9.17) is 17.3 Å². The summed E-state index contributed by atoms with van der Waals surface area (Å²) in [5.74, 6) is 0.0236. The second-order valence-electron chi connectivity index (χ2n) is 6.10. The van der Waals surface area contributed by atoms with Crippen LogP contribution in [0.3, 0.4) is 0 Å². The van der Waals surface area contributed by atoms with E-state index in [2.05, 4.69) is 0 Å². The smallest absolute Gasteiger partial charge is 0.254 e. The Morgan fingerprint density at radius 1 is 0.962 bits per heavy atom. The number of nitrogens with two attached hydrogens (primary N) is 1. The first kappa shape index (κ1) is 20.1. The molecule has 0 aromatic heterocycles. The highest BCUT2D eigenvalue weighted by Crippen LogP contribution is 2.14. The Hall–Kier alpha value is -2.24. The number of hydrogen-bond acceptors (Lipinski definition) is 3. The van der Waals surface area contributed by atoms with Gasteiger partial charge in [0.15, 0.2) is 0 Å². The van der Waals surface area contributed by atoms with Gasteiger partial charge in [-0.05, 0) is 35.9 Å². The fraction of sp³-hybridized carbons (Fsp3) is 0.263. The fourth-order valence-electron chi connectivity index (χ4n) is 2.90. The molecule has 1 heterocycles. The molecule has 2 aromatic carbocycles. The Labute approximate surface area is 164 Å². The van der Waals surface area contributed by atoms with Gasteiger partial charge < -0.3 is 15.5 Å². The average molecular weight is 394 g/mol. The number of piperazine rings is 1. The molecule has 2 aromatic rings. The van der Waals surface area contributed by atoms with Crippen molar-refractivity contribution in [2.75, 3.05) is 31.9 Å². The maximum absolute atomic E-state index is 12.5. The highest BCUT2D eigenvalue weighted by molar-refractivity contribution is 6.30. The summed E-state index contributed by atoms with van der Waals surface area (Å²) in [7, 11) is 0. The number of carbonyl (C=O) groups excluding carboxylic acids is 2. The Bertz CT molecular complexity index is 773. The number of nitrogen functional groups attached to an aromatic ring is 1. The summed E-state index contributed by atoms with van der Waals surface area (Å²) in [6.45, 7) is 2.14. The van der Waals surface area contributed by atoms with Gasteiger partial charge in [0.05, 0.1) is 6.42 Å². The van der Waals surface area contributed by atoms with Crippen molar-refractivity contribution >= 4 is 41.5 Å². The van der Waals surface area contributed by atoms with Crippen LogP contribution in [0.1, 0.15) is 15.9 Å². The minimum atomic E-state index is -0.0444. The van der Waals surface area contributed by atoms with Gasteiger partial charge in [-0.3, -0.25) is 9.59 Å². The molecule has 0 unspecified atom stereocenters. The molecule has 138 valence electrons. The number of benzene rings is 2. The second-order valence-corrected chi connectivity index (χ2v) is 6.54. The van der Waals surface area contributed by atoms with E-state index in [1.807, 2.05) is 12.1 Å². The van der Waals surface area contributed by atoms with Crippen molar-refractivity contribution in [1.29, 1.82) is 0 Å². The first-order valence-corrected chi connectivity index (χ1v) is 8.58. The van der Waals surface area contributed by atoms with Crippen LogP contribution in [0.5, 0.6) is 0 Å². The molecule has 0 atom stereocenters. The zero-order valence-electron chi connectivity index (χ0n) is 14.2. The fourth-order valence-corrected chi connectivity index (χ4v) is 3.03. The maximum Gasteiger partial charge on any atom is 0.254 e. The molecule has 26 heavy (non-hydrogen) atoms. The number of amides is 2. The number of anilines is 1. The van der Waals surface area contributed by atoms with Gasteiger partial charge in [-0.15, -0.1) is 12.4 Å². The van der Waals surface area contributed by atoms with Gasteiger partial charge in [0.25, 0.3) is 5.91 Å². The Morgan fingerprint density at radius 2 is 1.58 bits per heavy atom. The molecule has 1 aliphatic rings. The van der Waals surface area contributed by atoms with Crippen LogP contribution in [-0.2, 0) is 11.2 Å². The monoisotopic (exact) mass is 393 g/mol. The van der Waals surface area contributed by atoms with Crippen molar-refractivity contribution in [1.82, 2.24) is 9.80 Å². The summed E-state index contributed by atoms with van der Waals surface area (Å²) in [6.07, 6.45) is 0.348. The molecule has 1 saturated heterocycles. The van der Waals surface area contributed by atoms with Gasteiger partial charge >= 0.3 is 0 Å². The Balaban J connectivity index is 0.00000243. The van der Waals surface area contributed by atoms with E-state index in [1.54, 1.807) is 46.2 Å². The molecule has 0 spiro atoms. The molecule has 0 saturated carbocycles. The van der Waals surface area contributed by atoms with Crippen molar-refractivity contribution in [3.63, 3.8) is 0 Å². The third-order valence-electron chi connectivity index (χ3n) is 4.32. The zero-order chi connectivity index (χ0) is 17.8. The predicted octanol–water partition coefficient (Wildman–Crippen LogP) is 2.87. The minimum absolute atomic E-state index is 0. The second kappa shape index (κ2) is 8.92. The molecular formula is C19H21Cl2N3O2. The van der Waals surface area contributed by atoms with Crippen molar-refractivity contribution in [3.05, 3.63) is 64.7 Å². The molecule has 1 fully saturated rings. The van der Waals surface area contributed by atoms with E-state index < -0.39 is 0 Å². The summed E-state index contributed by atoms with van der Waals surface area (Å²) < 4.78 is 0. The summed E-state index contributed by atoms with van der Waals surface area (Å²) in [5, 5.41) is 0.657. The van der Waals surface area contributed by atoms with Crippen LogP contribution in [0.2, 0.25) is 5.02 Å². The molecule has 0 radical (unpaired) electrons. The maximum atomic E-state index is 12.5. The molecule has 0 aliphatic carbocycles. The SMILES string of the molecule is Cl.Nc1cccc(C(=O)N2CCN(C(=O)Cc3ccc(Cl)cc3)CC2)c1. The summed E-state index contributed by atoms with van der Waals surface area (Å²) in [6, 6.07) is 14.3. The van der Waals surface area contributed by atoms with E-state index in [9.17, 15) is 9.59 Å². The van der Waals surface area contributed by atoms with Gasteiger partial charge in [0.2, 0.25) is 5.91 Å². The van der Waals surface area contributed by atoms with E-state index >= 15 is 0 Å². The predicted molar refractivity (Wildman–Crippen MR) is 106 cm³/mol. The van der Waals surface area contributed by atoms with E-state index in [-0.39, 0.29) is 24.2 Å². The van der Waals surface area contributed by atoms with Crippen molar-refractivity contribution in [2.45, 2.75) is 6.42 Å². The molecule has 0 bridgehead atoms. The zero-order valence-corrected chi connectivity index (χ0v) is 15.8. The van der Waals surface area contributed by atoms with Crippen LogP contribution in [-0.4, -0.2) is 47.8 Å². The van der Waals surface area contributed by atoms with Gasteiger partial charge in [-0.2, -0.15) is 0 Å². The first-order chi connectivity index (χ1) is 12.0. The quantitative estimate of drug-likeness (QED) is 0.815. The molecule has 2 N–H and O–H groups in total. The van der Waals surface area contributed by atoms with Gasteiger partial charge in [-0.1, -0.05) is 29.8 Å². The minimum Gasteiger partial charge on any atom is -0.399 e. The standard InChI is InChI=1S/C19H20ClN3O2.ClH/c20-16-6-4-14(5-7-16)12-18(24)22-8-10-23(11-9-22)19(25)15-2-1-3-17(21)13-15;/h1-7,13H,8-12,21H2;1H. The van der Waals surface area contributed by atoms with Crippen LogP contribution in [0.15, 0.2) is 48.5 Å². The topological polar surface area (TPSA) is 66.6 Å². The lowest BCUT2D eigenvalue weighted by molar-refractivity contribution is -0.131. The normalized spacial score (nSPS) is 13.9. The van der Waals surface area contributed by atoms with Crippen LogP contribution in [0.25, 0.3) is 0 Å². The van der Waals surface area contributed by atoms with Gasteiger partial charge in [0, 0.05) is 42.5 Å². The van der Waals surface area contributed by atoms with Gasteiger partial charge in [-0.25, -0.2) is 0 Å². The lowest BCUT2D eigenvalue weighted by atomic mass is 10.1. The van der Waals surface area contributed by atoms with Crippen LogP contribution >= 0.6 is 24.0 Å². The molecule has 7 heteroatoms. The number of halogens is 2. The summed E-state index contributed by atoms with van der Waals surface area (Å²) in [4.78, 5) is 28.5. The van der Waals surface area contributed by atoms with E-state index in [0.29, 0.717) is 48.9 Å². The van der Waals surface area contributed by atoms with Crippen molar-refractivity contribution in [2.24, 2.45) is 0 Å². The number of nitrogens with zero attached hydrogens (tertiary/aromatic N) is 2. The third-order valence-corrected chi connectivity index (χ3v) is 4.57. The molecule has 1 aliphatic heterocycles. The summed E-state index contributed by atoms with van der Waals surface area (Å²) in [5.41, 5.74) is 7.83. The highest BCUT2D eigenvalue weighted by Gasteiger charge is 2.24. The molecular weight excluding hydrogens is 373 g/mol. The van der Waals surface area contributed by atoms with Crippen LogP contribution in [0.4, 0.5) is 5.69 Å². The molecule has 2 amide bonds. The lowest BCUT2D eigenvalue weighted by Gasteiger charge is -2.35. The molecule has 3 rings (SSSR count). The Morgan fingerprint density at radius 3 is 2.19 bits per heavy atom. The summed E-state index contributed by atoms with van der Waals surface area (Å²) >= 11 is 5.86. The highest BCUT2D eigenvalue weighted by atomic mass is 35.5. The largest absolute Gasteiger partial charge is 0.399 e. The number of hydrogen-bond donors (Lipinski definition) is 1. The Kier molecular flexibility index (Phi) is 6.89.